The van der Waals surface area contributed by atoms with E-state index in [0.29, 0.717) is 5.02 Å². The fourth-order valence-corrected chi connectivity index (χ4v) is 2.46. The van der Waals surface area contributed by atoms with E-state index in [9.17, 15) is 0 Å². The van der Waals surface area contributed by atoms with E-state index in [1.807, 2.05) is 68.5 Å². The number of halogens is 2. The van der Waals surface area contributed by atoms with Crippen molar-refractivity contribution in [2.45, 2.75) is 6.92 Å². The topological polar surface area (TPSA) is 27.6 Å². The molecule has 0 bridgehead atoms. The third kappa shape index (κ3) is 3.99. The Morgan fingerprint density at radius 1 is 1.19 bits per heavy atom. The van der Waals surface area contributed by atoms with Crippen LogP contribution >= 0.6 is 27.5 Å². The Kier molecular flexibility index (Phi) is 5.26. The van der Waals surface area contributed by atoms with Gasteiger partial charge in [-0.15, -0.1) is 0 Å². The van der Waals surface area contributed by atoms with Crippen LogP contribution in [0.15, 0.2) is 52.0 Å². The van der Waals surface area contributed by atoms with Crippen LogP contribution in [-0.2, 0) is 0 Å². The van der Waals surface area contributed by atoms with Gasteiger partial charge in [0, 0.05) is 34.8 Å². The maximum Gasteiger partial charge on any atom is 0.0672 e. The molecule has 0 heterocycles. The van der Waals surface area contributed by atoms with E-state index in [-0.39, 0.29) is 0 Å². The monoisotopic (exact) mass is 365 g/mol. The normalized spacial score (nSPS) is 11.4. The lowest BCUT2D eigenvalue weighted by molar-refractivity contribution is 1.01. The maximum absolute atomic E-state index is 6.09. The lowest BCUT2D eigenvalue weighted by Gasteiger charge is -2.16. The molecule has 0 saturated carbocycles. The Morgan fingerprint density at radius 3 is 2.48 bits per heavy atom. The minimum Gasteiger partial charge on any atom is -0.388 e. The Balaban J connectivity index is 2.32. The third-order valence-corrected chi connectivity index (χ3v) is 3.90. The lowest BCUT2D eigenvalue weighted by Crippen LogP contribution is -2.13. The van der Waals surface area contributed by atoms with E-state index in [0.717, 1.165) is 27.1 Å². The summed E-state index contributed by atoms with van der Waals surface area (Å²) in [5, 5.41) is 10.3. The van der Waals surface area contributed by atoms with E-state index in [1.54, 1.807) is 0 Å². The number of hydrogen-bond donors (Lipinski definition) is 1. The van der Waals surface area contributed by atoms with Gasteiger partial charge in [-0.05, 0) is 49.4 Å². The first-order valence-corrected chi connectivity index (χ1v) is 7.70. The number of hydrazone groups is 1. The molecule has 0 aliphatic carbocycles. The predicted octanol–water partition coefficient (Wildman–Crippen LogP) is 5.00. The summed E-state index contributed by atoms with van der Waals surface area (Å²) in [6.07, 6.45) is 0. The van der Waals surface area contributed by atoms with E-state index in [2.05, 4.69) is 26.3 Å². The average Bonchev–Trinajstić information content (AvgIpc) is 2.47. The summed E-state index contributed by atoms with van der Waals surface area (Å²) >= 11 is 9.52. The standard InChI is InChI=1S/C16H17BrClN3/c1-11(15-10-13(18)6-9-16(15)19-2)20-21(3)14-7-4-12(17)5-8-14/h4-10,19H,1-3H3/b20-11+. The number of hydrogen-bond acceptors (Lipinski definition) is 3. The van der Waals surface area contributed by atoms with Gasteiger partial charge in [0.05, 0.1) is 11.4 Å². The molecular formula is C16H17BrClN3. The number of nitrogens with one attached hydrogen (secondary N) is 1. The maximum atomic E-state index is 6.09. The smallest absolute Gasteiger partial charge is 0.0672 e. The molecule has 0 fully saturated rings. The largest absolute Gasteiger partial charge is 0.388 e. The van der Waals surface area contributed by atoms with Crippen LogP contribution in [0.25, 0.3) is 0 Å². The molecule has 0 saturated heterocycles. The van der Waals surface area contributed by atoms with Crippen molar-refractivity contribution in [1.82, 2.24) is 0 Å². The molecule has 0 amide bonds. The molecule has 21 heavy (non-hydrogen) atoms. The number of anilines is 2. The SMILES string of the molecule is CNc1ccc(Cl)cc1/C(C)=N/N(C)c1ccc(Br)cc1. The highest BCUT2D eigenvalue weighted by Gasteiger charge is 2.07. The predicted molar refractivity (Wildman–Crippen MR) is 95.8 cm³/mol. The van der Waals surface area contributed by atoms with Crippen LogP contribution < -0.4 is 10.3 Å². The molecule has 2 rings (SSSR count). The van der Waals surface area contributed by atoms with Crippen molar-refractivity contribution in [2.75, 3.05) is 24.4 Å². The summed E-state index contributed by atoms with van der Waals surface area (Å²) in [6.45, 7) is 1.97. The summed E-state index contributed by atoms with van der Waals surface area (Å²) < 4.78 is 1.05. The molecule has 0 aromatic heterocycles. The summed E-state index contributed by atoms with van der Waals surface area (Å²) in [7, 11) is 3.81. The Bertz CT molecular complexity index is 653. The van der Waals surface area contributed by atoms with E-state index >= 15 is 0 Å². The van der Waals surface area contributed by atoms with E-state index in [4.69, 9.17) is 11.6 Å². The van der Waals surface area contributed by atoms with E-state index < -0.39 is 0 Å². The zero-order valence-electron chi connectivity index (χ0n) is 12.2. The van der Waals surface area contributed by atoms with Crippen LogP contribution in [0.3, 0.4) is 0 Å². The molecule has 0 atom stereocenters. The molecule has 0 aliphatic heterocycles. The second-order valence-electron chi connectivity index (χ2n) is 4.63. The first kappa shape index (κ1) is 15.9. The highest BCUT2D eigenvalue weighted by atomic mass is 79.9. The second kappa shape index (κ2) is 6.96. The first-order chi connectivity index (χ1) is 10.0. The first-order valence-electron chi connectivity index (χ1n) is 6.53. The van der Waals surface area contributed by atoms with Crippen LogP contribution in [0, 0.1) is 0 Å². The number of nitrogens with zero attached hydrogens (tertiary/aromatic N) is 2. The summed E-state index contributed by atoms with van der Waals surface area (Å²) in [5.74, 6) is 0. The summed E-state index contributed by atoms with van der Waals surface area (Å²) in [6, 6.07) is 13.8. The third-order valence-electron chi connectivity index (χ3n) is 3.14. The zero-order chi connectivity index (χ0) is 15.4. The van der Waals surface area contributed by atoms with Gasteiger partial charge in [-0.25, -0.2) is 0 Å². The lowest BCUT2D eigenvalue weighted by atomic mass is 10.1. The fraction of sp³-hybridized carbons (Fsp3) is 0.188. The molecule has 2 aromatic carbocycles. The van der Waals surface area contributed by atoms with Crippen molar-refractivity contribution in [2.24, 2.45) is 5.10 Å². The van der Waals surface area contributed by atoms with Crippen LogP contribution in [0.2, 0.25) is 5.02 Å². The molecule has 0 unspecified atom stereocenters. The van der Waals surface area contributed by atoms with Crippen LogP contribution in [0.5, 0.6) is 0 Å². The Labute approximate surface area is 138 Å². The molecule has 0 aliphatic rings. The Morgan fingerprint density at radius 2 is 1.86 bits per heavy atom. The van der Waals surface area contributed by atoms with Crippen molar-refractivity contribution >= 4 is 44.6 Å². The van der Waals surface area contributed by atoms with Gasteiger partial charge in [-0.3, -0.25) is 5.01 Å². The van der Waals surface area contributed by atoms with Gasteiger partial charge in [0.15, 0.2) is 0 Å². The zero-order valence-corrected chi connectivity index (χ0v) is 14.5. The van der Waals surface area contributed by atoms with Gasteiger partial charge < -0.3 is 5.32 Å². The average molecular weight is 367 g/mol. The molecule has 0 radical (unpaired) electrons. The van der Waals surface area contributed by atoms with Crippen LogP contribution in [0.4, 0.5) is 11.4 Å². The minimum atomic E-state index is 0.699. The van der Waals surface area contributed by atoms with Crippen LogP contribution in [0.1, 0.15) is 12.5 Å². The number of benzene rings is 2. The molecule has 0 spiro atoms. The van der Waals surface area contributed by atoms with Crippen LogP contribution in [-0.4, -0.2) is 19.8 Å². The molecule has 2 aromatic rings. The van der Waals surface area contributed by atoms with Crippen molar-refractivity contribution in [3.8, 4) is 0 Å². The van der Waals surface area contributed by atoms with Gasteiger partial charge in [0.1, 0.15) is 0 Å². The number of rotatable bonds is 4. The van der Waals surface area contributed by atoms with E-state index in [1.165, 1.54) is 0 Å². The minimum absolute atomic E-state index is 0.699. The van der Waals surface area contributed by atoms with Gasteiger partial charge in [-0.1, -0.05) is 27.5 Å². The van der Waals surface area contributed by atoms with Crippen molar-refractivity contribution in [3.05, 3.63) is 57.5 Å². The van der Waals surface area contributed by atoms with Crippen molar-refractivity contribution in [3.63, 3.8) is 0 Å². The highest BCUT2D eigenvalue weighted by molar-refractivity contribution is 9.10. The van der Waals surface area contributed by atoms with Gasteiger partial charge in [0.25, 0.3) is 0 Å². The summed E-state index contributed by atoms with van der Waals surface area (Å²) in [4.78, 5) is 0. The molecule has 3 nitrogen and oxygen atoms in total. The highest BCUT2D eigenvalue weighted by Crippen LogP contribution is 2.22. The quantitative estimate of drug-likeness (QED) is 0.609. The molecular weight excluding hydrogens is 350 g/mol. The van der Waals surface area contributed by atoms with Gasteiger partial charge in [-0.2, -0.15) is 5.10 Å². The molecule has 1 N–H and O–H groups in total. The fourth-order valence-electron chi connectivity index (χ4n) is 2.03. The second-order valence-corrected chi connectivity index (χ2v) is 5.98. The van der Waals surface area contributed by atoms with Crippen molar-refractivity contribution < 1.29 is 0 Å². The van der Waals surface area contributed by atoms with Gasteiger partial charge >= 0.3 is 0 Å². The van der Waals surface area contributed by atoms with Gasteiger partial charge in [0.2, 0.25) is 0 Å². The Hall–Kier alpha value is -1.52. The summed E-state index contributed by atoms with van der Waals surface area (Å²) in [5.41, 5.74) is 3.91. The molecule has 5 heteroatoms. The van der Waals surface area contributed by atoms with Crippen molar-refractivity contribution in [1.29, 1.82) is 0 Å². The molecule has 110 valence electrons.